The molecule has 0 bridgehead atoms. The number of carbonyl (C=O) groups is 1. The molecule has 0 saturated heterocycles. The third kappa shape index (κ3) is 2.80. The van der Waals surface area contributed by atoms with Crippen LogP contribution in [0.25, 0.3) is 15.7 Å². The number of fused-ring (bicyclic) bond motifs is 1. The molecule has 1 aromatic heterocycles. The largest absolute Gasteiger partial charge is 0.477 e. The normalized spacial score (nSPS) is 11.5. The van der Waals surface area contributed by atoms with Crippen molar-refractivity contribution in [2.45, 2.75) is 26.3 Å². The summed E-state index contributed by atoms with van der Waals surface area (Å²) in [7, 11) is 0. The van der Waals surface area contributed by atoms with Crippen molar-refractivity contribution in [3.05, 3.63) is 70.2 Å². The van der Waals surface area contributed by atoms with E-state index in [2.05, 4.69) is 9.94 Å². The topological polar surface area (TPSA) is 59.5 Å². The van der Waals surface area contributed by atoms with Crippen LogP contribution in [0.15, 0.2) is 36.4 Å². The molecule has 3 aromatic rings. The van der Waals surface area contributed by atoms with E-state index in [1.165, 1.54) is 10.7 Å². The molecule has 26 heavy (non-hydrogen) atoms. The molecule has 0 fully saturated rings. The number of carboxylic acid groups (broad SMARTS) is 1. The molecular formula is C19H15F2N3O2. The molecule has 0 radical (unpaired) electrons. The van der Waals surface area contributed by atoms with E-state index in [1.54, 1.807) is 19.1 Å². The first-order valence-corrected chi connectivity index (χ1v) is 7.80. The average molecular weight is 355 g/mol. The third-order valence-corrected chi connectivity index (χ3v) is 4.38. The number of nitrogens with zero attached hydrogens (tertiary/aromatic N) is 3. The van der Waals surface area contributed by atoms with Crippen LogP contribution in [0.4, 0.5) is 14.5 Å². The maximum absolute atomic E-state index is 13.9. The van der Waals surface area contributed by atoms with Crippen molar-refractivity contribution in [1.82, 2.24) is 9.78 Å². The molecule has 2 aromatic carbocycles. The van der Waals surface area contributed by atoms with Crippen molar-refractivity contribution >= 4 is 22.6 Å². The van der Waals surface area contributed by atoms with Gasteiger partial charge in [-0.15, -0.1) is 0 Å². The number of benzene rings is 2. The number of alkyl halides is 2. The zero-order valence-electron chi connectivity index (χ0n) is 14.1. The van der Waals surface area contributed by atoms with Crippen molar-refractivity contribution in [3.63, 3.8) is 0 Å². The Kier molecular flexibility index (Phi) is 4.20. The van der Waals surface area contributed by atoms with Crippen molar-refractivity contribution in [2.75, 3.05) is 0 Å². The van der Waals surface area contributed by atoms with Crippen molar-refractivity contribution in [1.29, 1.82) is 0 Å². The molecule has 0 aliphatic rings. The third-order valence-electron chi connectivity index (χ3n) is 4.38. The van der Waals surface area contributed by atoms with Crippen LogP contribution in [0.5, 0.6) is 0 Å². The van der Waals surface area contributed by atoms with Crippen LogP contribution < -0.4 is 0 Å². The monoisotopic (exact) mass is 355 g/mol. The number of hydrogen-bond acceptors (Lipinski definition) is 2. The Morgan fingerprint density at radius 2 is 2.04 bits per heavy atom. The van der Waals surface area contributed by atoms with Gasteiger partial charge in [0.15, 0.2) is 5.69 Å². The molecule has 1 heterocycles. The van der Waals surface area contributed by atoms with E-state index in [4.69, 9.17) is 11.7 Å². The SMILES string of the molecule is [C-]#[N+]c1cccc(C)c1Cn1nc(C)c2ccc(C(F)(F)C(=O)O)cc21. The maximum atomic E-state index is 13.9. The number of rotatable bonds is 4. The summed E-state index contributed by atoms with van der Waals surface area (Å²) in [5.41, 5.74) is 2.56. The van der Waals surface area contributed by atoms with E-state index in [-0.39, 0.29) is 6.54 Å². The van der Waals surface area contributed by atoms with E-state index in [1.807, 2.05) is 13.0 Å². The van der Waals surface area contributed by atoms with E-state index in [0.717, 1.165) is 23.3 Å². The maximum Gasteiger partial charge on any atom is 0.379 e. The van der Waals surface area contributed by atoms with Gasteiger partial charge in [0.05, 0.1) is 24.3 Å². The zero-order chi connectivity index (χ0) is 19.1. The Morgan fingerprint density at radius 1 is 1.31 bits per heavy atom. The van der Waals surface area contributed by atoms with Gasteiger partial charge in [-0.05, 0) is 25.5 Å². The molecule has 0 atom stereocenters. The summed E-state index contributed by atoms with van der Waals surface area (Å²) < 4.78 is 29.3. The second-order valence-corrected chi connectivity index (χ2v) is 6.04. The highest BCUT2D eigenvalue weighted by Gasteiger charge is 2.41. The molecule has 132 valence electrons. The number of halogens is 2. The van der Waals surface area contributed by atoms with Crippen LogP contribution in [0.2, 0.25) is 0 Å². The highest BCUT2D eigenvalue weighted by Crippen LogP contribution is 2.32. The summed E-state index contributed by atoms with van der Waals surface area (Å²) in [6.07, 6.45) is 0. The summed E-state index contributed by atoms with van der Waals surface area (Å²) >= 11 is 0. The smallest absolute Gasteiger partial charge is 0.379 e. The van der Waals surface area contributed by atoms with Gasteiger partial charge in [0.25, 0.3) is 0 Å². The minimum absolute atomic E-state index is 0.233. The molecule has 7 heteroatoms. The van der Waals surface area contributed by atoms with Crippen LogP contribution in [0, 0.1) is 20.4 Å². The first-order chi connectivity index (χ1) is 12.3. The molecule has 0 aliphatic heterocycles. The molecule has 0 aliphatic carbocycles. The predicted molar refractivity (Wildman–Crippen MR) is 92.5 cm³/mol. The number of aryl methyl sites for hydroxylation is 2. The molecule has 3 rings (SSSR count). The Hall–Kier alpha value is -3.27. The van der Waals surface area contributed by atoms with Crippen LogP contribution >= 0.6 is 0 Å². The lowest BCUT2D eigenvalue weighted by molar-refractivity contribution is -0.166. The molecule has 0 saturated carbocycles. The Bertz CT molecular complexity index is 1060. The summed E-state index contributed by atoms with van der Waals surface area (Å²) in [4.78, 5) is 14.4. The van der Waals surface area contributed by atoms with Crippen LogP contribution in [0.1, 0.15) is 22.4 Å². The van der Waals surface area contributed by atoms with Crippen molar-refractivity contribution in [3.8, 4) is 0 Å². The molecular weight excluding hydrogens is 340 g/mol. The number of aliphatic carboxylic acids is 1. The minimum atomic E-state index is -3.98. The van der Waals surface area contributed by atoms with Crippen LogP contribution in [-0.4, -0.2) is 20.9 Å². The van der Waals surface area contributed by atoms with E-state index in [9.17, 15) is 13.6 Å². The van der Waals surface area contributed by atoms with Crippen molar-refractivity contribution in [2.24, 2.45) is 0 Å². The first-order valence-electron chi connectivity index (χ1n) is 7.80. The molecule has 0 amide bonds. The predicted octanol–water partition coefficient (Wildman–Crippen LogP) is 4.43. The Balaban J connectivity index is 2.16. The van der Waals surface area contributed by atoms with Gasteiger partial charge in [-0.25, -0.2) is 9.64 Å². The Morgan fingerprint density at radius 3 is 2.69 bits per heavy atom. The summed E-state index contributed by atoms with van der Waals surface area (Å²) in [6, 6.07) is 9.05. The molecule has 5 nitrogen and oxygen atoms in total. The fourth-order valence-electron chi connectivity index (χ4n) is 2.93. The highest BCUT2D eigenvalue weighted by molar-refractivity contribution is 5.85. The number of hydrogen-bond donors (Lipinski definition) is 1. The van der Waals surface area contributed by atoms with Gasteiger partial charge in [-0.2, -0.15) is 13.9 Å². The number of aromatic nitrogens is 2. The quantitative estimate of drug-likeness (QED) is 0.705. The van der Waals surface area contributed by atoms with Gasteiger partial charge in [0.1, 0.15) is 0 Å². The summed E-state index contributed by atoms with van der Waals surface area (Å²) in [6.45, 7) is 11.2. The fourth-order valence-corrected chi connectivity index (χ4v) is 2.93. The van der Waals surface area contributed by atoms with Gasteiger partial charge >= 0.3 is 11.9 Å². The van der Waals surface area contributed by atoms with Gasteiger partial charge in [-0.3, -0.25) is 4.68 Å². The average Bonchev–Trinajstić information content (AvgIpc) is 2.92. The van der Waals surface area contributed by atoms with E-state index in [0.29, 0.717) is 22.3 Å². The van der Waals surface area contributed by atoms with E-state index < -0.39 is 17.5 Å². The number of carboxylic acids is 1. The molecule has 1 N–H and O–H groups in total. The lowest BCUT2D eigenvalue weighted by Gasteiger charge is -2.13. The van der Waals surface area contributed by atoms with Gasteiger partial charge in [0, 0.05) is 10.9 Å². The van der Waals surface area contributed by atoms with Gasteiger partial charge in [-0.1, -0.05) is 35.9 Å². The van der Waals surface area contributed by atoms with Gasteiger partial charge < -0.3 is 5.11 Å². The lowest BCUT2D eigenvalue weighted by atomic mass is 10.0. The zero-order valence-corrected chi connectivity index (χ0v) is 14.1. The second-order valence-electron chi connectivity index (χ2n) is 6.04. The van der Waals surface area contributed by atoms with Crippen molar-refractivity contribution < 1.29 is 18.7 Å². The highest BCUT2D eigenvalue weighted by atomic mass is 19.3. The standard InChI is InChI=1S/C19H15F2N3O2/c1-11-5-4-6-16(22-3)15(11)10-24-17-9-13(19(20,21)18(25)26)7-8-14(17)12(2)23-24/h4-9H,10H2,1-2H3,(H,25,26). The molecule has 0 spiro atoms. The first kappa shape index (κ1) is 17.5. The summed E-state index contributed by atoms with van der Waals surface area (Å²) in [5, 5.41) is 13.8. The van der Waals surface area contributed by atoms with E-state index >= 15 is 0 Å². The Labute approximate surface area is 148 Å². The fraction of sp³-hybridized carbons (Fsp3) is 0.211. The summed E-state index contributed by atoms with van der Waals surface area (Å²) in [5.74, 6) is -6.18. The minimum Gasteiger partial charge on any atom is -0.477 e. The molecule has 0 unspecified atom stereocenters. The van der Waals surface area contributed by atoms with Crippen LogP contribution in [-0.2, 0) is 17.3 Å². The lowest BCUT2D eigenvalue weighted by Crippen LogP contribution is -2.25. The second kappa shape index (κ2) is 6.23. The van der Waals surface area contributed by atoms with Crippen LogP contribution in [0.3, 0.4) is 0 Å². The van der Waals surface area contributed by atoms with Gasteiger partial charge in [0.2, 0.25) is 0 Å².